The molecular formula is C19H15F4N3. The highest BCUT2D eigenvalue weighted by atomic mass is 19.4. The highest BCUT2D eigenvalue weighted by Crippen LogP contribution is 2.34. The average molecular weight is 361 g/mol. The van der Waals surface area contributed by atoms with Crippen molar-refractivity contribution in [2.24, 2.45) is 0 Å². The summed E-state index contributed by atoms with van der Waals surface area (Å²) < 4.78 is 52.7. The first-order valence-electron chi connectivity index (χ1n) is 7.84. The molecule has 0 spiro atoms. The summed E-state index contributed by atoms with van der Waals surface area (Å²) >= 11 is 0. The van der Waals surface area contributed by atoms with Gasteiger partial charge in [-0.25, -0.2) is 4.39 Å². The quantitative estimate of drug-likeness (QED) is 0.647. The van der Waals surface area contributed by atoms with E-state index in [0.29, 0.717) is 22.4 Å². The minimum absolute atomic E-state index is 0.135. The first-order chi connectivity index (χ1) is 12.3. The Morgan fingerprint density at radius 1 is 0.962 bits per heavy atom. The Hall–Kier alpha value is -2.96. The van der Waals surface area contributed by atoms with Crippen LogP contribution in [0.15, 0.2) is 54.6 Å². The van der Waals surface area contributed by atoms with Gasteiger partial charge in [-0.2, -0.15) is 18.3 Å². The van der Waals surface area contributed by atoms with Crippen LogP contribution >= 0.6 is 0 Å². The van der Waals surface area contributed by atoms with E-state index in [4.69, 9.17) is 0 Å². The first kappa shape index (κ1) is 17.8. The Morgan fingerprint density at radius 3 is 2.46 bits per heavy atom. The van der Waals surface area contributed by atoms with E-state index in [-0.39, 0.29) is 18.2 Å². The number of hydrogen-bond donors (Lipinski definition) is 1. The van der Waals surface area contributed by atoms with Crippen molar-refractivity contribution in [1.82, 2.24) is 10.2 Å². The Labute approximate surface area is 147 Å². The summed E-state index contributed by atoms with van der Waals surface area (Å²) in [4.78, 5) is 0. The van der Waals surface area contributed by atoms with Crippen LogP contribution in [0.25, 0.3) is 11.1 Å². The van der Waals surface area contributed by atoms with Crippen LogP contribution in [-0.2, 0) is 12.7 Å². The molecule has 134 valence electrons. The number of benzene rings is 2. The van der Waals surface area contributed by atoms with Gasteiger partial charge < -0.3 is 5.32 Å². The van der Waals surface area contributed by atoms with Gasteiger partial charge in [0.25, 0.3) is 0 Å². The summed E-state index contributed by atoms with van der Waals surface area (Å²) in [6.07, 6.45) is -4.44. The maximum absolute atomic E-state index is 13.8. The molecule has 1 aromatic heterocycles. The molecule has 0 aliphatic rings. The van der Waals surface area contributed by atoms with Crippen LogP contribution in [-0.4, -0.2) is 10.2 Å². The zero-order valence-corrected chi connectivity index (χ0v) is 13.8. The lowest BCUT2D eigenvalue weighted by atomic mass is 10.0. The van der Waals surface area contributed by atoms with Crippen LogP contribution in [0.3, 0.4) is 0 Å². The van der Waals surface area contributed by atoms with Crippen molar-refractivity contribution in [3.05, 3.63) is 77.2 Å². The van der Waals surface area contributed by atoms with Crippen molar-refractivity contribution in [3.8, 4) is 11.1 Å². The fourth-order valence-electron chi connectivity index (χ4n) is 2.52. The predicted molar refractivity (Wildman–Crippen MR) is 90.9 cm³/mol. The van der Waals surface area contributed by atoms with Gasteiger partial charge in [0.05, 0.1) is 11.3 Å². The number of nitrogens with zero attached hydrogens (tertiary/aromatic N) is 2. The number of alkyl halides is 3. The van der Waals surface area contributed by atoms with Crippen LogP contribution in [0.5, 0.6) is 0 Å². The van der Waals surface area contributed by atoms with Gasteiger partial charge in [0.15, 0.2) is 5.82 Å². The third kappa shape index (κ3) is 3.99. The van der Waals surface area contributed by atoms with Gasteiger partial charge in [-0.05, 0) is 36.8 Å². The fraction of sp³-hybridized carbons (Fsp3) is 0.158. The second-order valence-corrected chi connectivity index (χ2v) is 5.77. The van der Waals surface area contributed by atoms with Crippen molar-refractivity contribution in [1.29, 1.82) is 0 Å². The number of aromatic nitrogens is 2. The van der Waals surface area contributed by atoms with Crippen LogP contribution < -0.4 is 5.32 Å². The smallest absolute Gasteiger partial charge is 0.364 e. The van der Waals surface area contributed by atoms with Crippen LogP contribution in [0, 0.1) is 12.7 Å². The Kier molecular flexibility index (Phi) is 4.88. The molecule has 0 aliphatic heterocycles. The van der Waals surface area contributed by atoms with Gasteiger partial charge in [-0.1, -0.05) is 30.3 Å². The van der Waals surface area contributed by atoms with Gasteiger partial charge in [0, 0.05) is 17.7 Å². The van der Waals surface area contributed by atoms with Crippen molar-refractivity contribution in [2.75, 3.05) is 5.32 Å². The van der Waals surface area contributed by atoms with Crippen molar-refractivity contribution < 1.29 is 17.6 Å². The molecule has 0 fully saturated rings. The summed E-state index contributed by atoms with van der Waals surface area (Å²) in [6.45, 7) is 1.83. The van der Waals surface area contributed by atoms with E-state index >= 15 is 0 Å². The van der Waals surface area contributed by atoms with E-state index in [1.807, 2.05) is 0 Å². The standard InChI is InChI=1S/C19H15F4N3/c1-12-9-16(13-6-4-7-15(10-13)19(21,22)23)18(26-25-12)24-11-14-5-2-3-8-17(14)20/h2-10H,11H2,1H3,(H,24,26). The summed E-state index contributed by atoms with van der Waals surface area (Å²) in [6, 6.07) is 12.9. The second kappa shape index (κ2) is 7.11. The summed E-state index contributed by atoms with van der Waals surface area (Å²) in [5.74, 6) is -0.0844. The number of anilines is 1. The van der Waals surface area contributed by atoms with Crippen LogP contribution in [0.1, 0.15) is 16.8 Å². The monoisotopic (exact) mass is 361 g/mol. The molecule has 0 saturated carbocycles. The van der Waals surface area contributed by atoms with Crippen molar-refractivity contribution in [3.63, 3.8) is 0 Å². The number of nitrogens with one attached hydrogen (secondary N) is 1. The lowest BCUT2D eigenvalue weighted by Crippen LogP contribution is -2.07. The van der Waals surface area contributed by atoms with Crippen molar-refractivity contribution in [2.45, 2.75) is 19.6 Å². The average Bonchev–Trinajstić information content (AvgIpc) is 2.61. The van der Waals surface area contributed by atoms with E-state index in [1.165, 1.54) is 12.1 Å². The largest absolute Gasteiger partial charge is 0.416 e. The molecule has 26 heavy (non-hydrogen) atoms. The zero-order chi connectivity index (χ0) is 18.7. The van der Waals surface area contributed by atoms with E-state index < -0.39 is 11.7 Å². The van der Waals surface area contributed by atoms with E-state index in [1.54, 1.807) is 37.3 Å². The Morgan fingerprint density at radius 2 is 1.73 bits per heavy atom. The molecule has 3 rings (SSSR count). The molecule has 0 unspecified atom stereocenters. The minimum atomic E-state index is -4.44. The molecule has 3 nitrogen and oxygen atoms in total. The first-order valence-corrected chi connectivity index (χ1v) is 7.84. The lowest BCUT2D eigenvalue weighted by molar-refractivity contribution is -0.137. The normalized spacial score (nSPS) is 11.4. The third-order valence-electron chi connectivity index (χ3n) is 3.82. The number of hydrogen-bond acceptors (Lipinski definition) is 3. The number of aryl methyl sites for hydroxylation is 1. The highest BCUT2D eigenvalue weighted by Gasteiger charge is 2.30. The summed E-state index contributed by atoms with van der Waals surface area (Å²) in [5, 5.41) is 10.9. The zero-order valence-electron chi connectivity index (χ0n) is 13.8. The molecule has 0 saturated heterocycles. The van der Waals surface area contributed by atoms with Gasteiger partial charge in [-0.3, -0.25) is 0 Å². The maximum Gasteiger partial charge on any atom is 0.416 e. The van der Waals surface area contributed by atoms with E-state index in [2.05, 4.69) is 15.5 Å². The molecule has 3 aromatic rings. The fourth-order valence-corrected chi connectivity index (χ4v) is 2.52. The molecule has 7 heteroatoms. The lowest BCUT2D eigenvalue weighted by Gasteiger charge is -2.13. The molecular weight excluding hydrogens is 346 g/mol. The summed E-state index contributed by atoms with van der Waals surface area (Å²) in [5.41, 5.74) is 1.07. The predicted octanol–water partition coefficient (Wildman–Crippen LogP) is 5.22. The van der Waals surface area contributed by atoms with Crippen LogP contribution in [0.2, 0.25) is 0 Å². The van der Waals surface area contributed by atoms with E-state index in [0.717, 1.165) is 12.1 Å². The Balaban J connectivity index is 1.95. The molecule has 0 atom stereocenters. The number of halogens is 4. The second-order valence-electron chi connectivity index (χ2n) is 5.77. The molecule has 0 radical (unpaired) electrons. The molecule has 0 aliphatic carbocycles. The summed E-state index contributed by atoms with van der Waals surface area (Å²) in [7, 11) is 0. The topological polar surface area (TPSA) is 37.8 Å². The Bertz CT molecular complexity index is 923. The van der Waals surface area contributed by atoms with Gasteiger partial charge in [0.2, 0.25) is 0 Å². The molecule has 0 bridgehead atoms. The number of rotatable bonds is 4. The van der Waals surface area contributed by atoms with Gasteiger partial charge >= 0.3 is 6.18 Å². The maximum atomic E-state index is 13.8. The SMILES string of the molecule is Cc1cc(-c2cccc(C(F)(F)F)c2)c(NCc2ccccc2F)nn1. The van der Waals surface area contributed by atoms with Crippen LogP contribution in [0.4, 0.5) is 23.4 Å². The molecule has 1 heterocycles. The molecule has 0 amide bonds. The van der Waals surface area contributed by atoms with E-state index in [9.17, 15) is 17.6 Å². The molecule has 2 aromatic carbocycles. The van der Waals surface area contributed by atoms with Gasteiger partial charge in [-0.15, -0.1) is 5.10 Å². The minimum Gasteiger partial charge on any atom is -0.364 e. The van der Waals surface area contributed by atoms with Crippen molar-refractivity contribution >= 4 is 5.82 Å². The molecule has 1 N–H and O–H groups in total. The third-order valence-corrected chi connectivity index (χ3v) is 3.82. The van der Waals surface area contributed by atoms with Gasteiger partial charge in [0.1, 0.15) is 5.82 Å². The highest BCUT2D eigenvalue weighted by molar-refractivity contribution is 5.75.